The minimum absolute atomic E-state index is 0.00784. The first kappa shape index (κ1) is 15.5. The molecule has 0 radical (unpaired) electrons. The number of amides is 1. The van der Waals surface area contributed by atoms with Gasteiger partial charge in [0.05, 0.1) is 13.2 Å². The fraction of sp³-hybridized carbons (Fsp3) is 0.533. The van der Waals surface area contributed by atoms with Crippen molar-refractivity contribution < 1.29 is 9.53 Å². The molecule has 0 spiro atoms. The van der Waals surface area contributed by atoms with Crippen LogP contribution in [-0.2, 0) is 11.3 Å². The zero-order valence-corrected chi connectivity index (χ0v) is 12.2. The molecule has 0 atom stereocenters. The van der Waals surface area contributed by atoms with Crippen molar-refractivity contribution in [3.05, 3.63) is 29.8 Å². The molecule has 1 amide bonds. The van der Waals surface area contributed by atoms with Crippen LogP contribution in [0.1, 0.15) is 33.3 Å². The van der Waals surface area contributed by atoms with E-state index < -0.39 is 0 Å². The molecule has 1 rings (SSSR count). The molecule has 1 aromatic carbocycles. The first-order chi connectivity index (χ1) is 8.90. The van der Waals surface area contributed by atoms with Crippen LogP contribution in [0, 0.1) is 0 Å². The molecule has 106 valence electrons. The van der Waals surface area contributed by atoms with Gasteiger partial charge < -0.3 is 15.4 Å². The van der Waals surface area contributed by atoms with Crippen LogP contribution in [-0.4, -0.2) is 24.6 Å². The van der Waals surface area contributed by atoms with Gasteiger partial charge in [0.2, 0.25) is 5.91 Å². The van der Waals surface area contributed by atoms with Crippen molar-refractivity contribution in [3.8, 4) is 5.75 Å². The molecule has 0 saturated heterocycles. The summed E-state index contributed by atoms with van der Waals surface area (Å²) in [5, 5.41) is 6.04. The summed E-state index contributed by atoms with van der Waals surface area (Å²) in [6.07, 6.45) is 0. The summed E-state index contributed by atoms with van der Waals surface area (Å²) in [6.45, 7) is 9.49. The molecule has 0 aliphatic heterocycles. The Morgan fingerprint density at radius 1 is 1.32 bits per heavy atom. The number of carbonyl (C=O) groups excluding carboxylic acids is 1. The molecule has 0 bridgehead atoms. The third-order valence-corrected chi connectivity index (χ3v) is 2.34. The maximum Gasteiger partial charge on any atom is 0.234 e. The zero-order chi connectivity index (χ0) is 14.3. The van der Waals surface area contributed by atoms with E-state index in [4.69, 9.17) is 4.74 Å². The molecule has 4 nitrogen and oxygen atoms in total. The van der Waals surface area contributed by atoms with E-state index in [1.165, 1.54) is 0 Å². The molecule has 0 aliphatic rings. The van der Waals surface area contributed by atoms with Gasteiger partial charge in [-0.2, -0.15) is 0 Å². The van der Waals surface area contributed by atoms with Crippen molar-refractivity contribution in [1.82, 2.24) is 10.6 Å². The summed E-state index contributed by atoms with van der Waals surface area (Å²) < 4.78 is 5.43. The minimum atomic E-state index is -0.187. The second-order valence-electron chi connectivity index (χ2n) is 5.48. The summed E-state index contributed by atoms with van der Waals surface area (Å²) in [5.74, 6) is 0.870. The predicted octanol–water partition coefficient (Wildman–Crippen LogP) is 2.09. The third-order valence-electron chi connectivity index (χ3n) is 2.34. The molecule has 0 fully saturated rings. The van der Waals surface area contributed by atoms with Crippen molar-refractivity contribution in [2.75, 3.05) is 13.2 Å². The molecular weight excluding hydrogens is 240 g/mol. The second-order valence-corrected chi connectivity index (χ2v) is 5.48. The van der Waals surface area contributed by atoms with Crippen LogP contribution in [0.3, 0.4) is 0 Å². The highest BCUT2D eigenvalue weighted by atomic mass is 16.5. The Kier molecular flexibility index (Phi) is 5.83. The van der Waals surface area contributed by atoms with Gasteiger partial charge in [-0.3, -0.25) is 4.79 Å². The molecular formula is C15H24N2O2. The van der Waals surface area contributed by atoms with Crippen molar-refractivity contribution in [3.63, 3.8) is 0 Å². The lowest BCUT2D eigenvalue weighted by Crippen LogP contribution is -2.44. The van der Waals surface area contributed by atoms with Crippen molar-refractivity contribution >= 4 is 5.91 Å². The quantitative estimate of drug-likeness (QED) is 0.827. The van der Waals surface area contributed by atoms with Gasteiger partial charge in [0, 0.05) is 12.1 Å². The summed E-state index contributed by atoms with van der Waals surface area (Å²) in [5.41, 5.74) is 0.919. The molecule has 0 aliphatic carbocycles. The van der Waals surface area contributed by atoms with Crippen LogP contribution < -0.4 is 15.4 Å². The lowest BCUT2D eigenvalue weighted by molar-refractivity contribution is -0.121. The van der Waals surface area contributed by atoms with Gasteiger partial charge in [-0.25, -0.2) is 0 Å². The molecule has 4 heteroatoms. The van der Waals surface area contributed by atoms with Crippen LogP contribution in [0.25, 0.3) is 0 Å². The van der Waals surface area contributed by atoms with Crippen LogP contribution in [0.4, 0.5) is 0 Å². The van der Waals surface area contributed by atoms with Gasteiger partial charge in [0.25, 0.3) is 0 Å². The molecule has 1 aromatic rings. The van der Waals surface area contributed by atoms with Crippen molar-refractivity contribution in [2.45, 2.75) is 39.8 Å². The summed E-state index contributed by atoms with van der Waals surface area (Å²) in [7, 11) is 0. The third kappa shape index (κ3) is 6.82. The zero-order valence-electron chi connectivity index (χ0n) is 12.2. The molecule has 0 saturated carbocycles. The Bertz CT molecular complexity index is 411. The predicted molar refractivity (Wildman–Crippen MR) is 77.2 cm³/mol. The number of ether oxygens (including phenoxy) is 1. The van der Waals surface area contributed by atoms with E-state index >= 15 is 0 Å². The Labute approximate surface area is 115 Å². The van der Waals surface area contributed by atoms with Crippen LogP contribution >= 0.6 is 0 Å². The number of carbonyl (C=O) groups is 1. The number of hydrogen-bond donors (Lipinski definition) is 2. The Morgan fingerprint density at radius 2 is 2.05 bits per heavy atom. The van der Waals surface area contributed by atoms with Gasteiger partial charge in [-0.1, -0.05) is 12.1 Å². The van der Waals surface area contributed by atoms with Crippen LogP contribution in [0.2, 0.25) is 0 Å². The van der Waals surface area contributed by atoms with Crippen LogP contribution in [0.5, 0.6) is 5.75 Å². The van der Waals surface area contributed by atoms with Crippen LogP contribution in [0.15, 0.2) is 24.3 Å². The maximum absolute atomic E-state index is 11.6. The lowest BCUT2D eigenvalue weighted by Gasteiger charge is -2.20. The fourth-order valence-electron chi connectivity index (χ4n) is 1.69. The average Bonchev–Trinajstić information content (AvgIpc) is 2.27. The summed E-state index contributed by atoms with van der Waals surface area (Å²) >= 11 is 0. The van der Waals surface area contributed by atoms with E-state index in [2.05, 4.69) is 10.6 Å². The van der Waals surface area contributed by atoms with Gasteiger partial charge >= 0.3 is 0 Å². The first-order valence-electron chi connectivity index (χ1n) is 6.64. The highest BCUT2D eigenvalue weighted by Gasteiger charge is 2.12. The second kappa shape index (κ2) is 7.14. The number of nitrogens with one attached hydrogen (secondary N) is 2. The van der Waals surface area contributed by atoms with Crippen molar-refractivity contribution in [2.24, 2.45) is 0 Å². The van der Waals surface area contributed by atoms with E-state index in [1.807, 2.05) is 52.0 Å². The lowest BCUT2D eigenvalue weighted by atomic mass is 10.1. The molecule has 0 aromatic heterocycles. The number of rotatable bonds is 6. The van der Waals surface area contributed by atoms with Gasteiger partial charge in [0.15, 0.2) is 0 Å². The summed E-state index contributed by atoms with van der Waals surface area (Å²) in [4.78, 5) is 11.6. The average molecular weight is 264 g/mol. The molecule has 0 heterocycles. The Hall–Kier alpha value is -1.55. The van der Waals surface area contributed by atoms with Gasteiger partial charge in [-0.15, -0.1) is 0 Å². The van der Waals surface area contributed by atoms with E-state index in [9.17, 15) is 4.79 Å². The minimum Gasteiger partial charge on any atom is -0.494 e. The monoisotopic (exact) mass is 264 g/mol. The van der Waals surface area contributed by atoms with E-state index in [0.29, 0.717) is 19.7 Å². The van der Waals surface area contributed by atoms with E-state index in [0.717, 1.165) is 11.3 Å². The molecule has 2 N–H and O–H groups in total. The highest BCUT2D eigenvalue weighted by Crippen LogP contribution is 2.12. The first-order valence-corrected chi connectivity index (χ1v) is 6.64. The topological polar surface area (TPSA) is 50.4 Å². The van der Waals surface area contributed by atoms with Crippen molar-refractivity contribution in [1.29, 1.82) is 0 Å². The normalized spacial score (nSPS) is 11.2. The molecule has 19 heavy (non-hydrogen) atoms. The summed E-state index contributed by atoms with van der Waals surface area (Å²) in [6, 6.07) is 7.88. The van der Waals surface area contributed by atoms with Gasteiger partial charge in [0.1, 0.15) is 5.75 Å². The Morgan fingerprint density at radius 3 is 2.68 bits per heavy atom. The largest absolute Gasteiger partial charge is 0.494 e. The number of benzene rings is 1. The molecule has 0 unspecified atom stereocenters. The SMILES string of the molecule is CCOc1cccc(CNCC(=O)NC(C)(C)C)c1. The van der Waals surface area contributed by atoms with Gasteiger partial charge in [-0.05, 0) is 45.4 Å². The maximum atomic E-state index is 11.6. The van der Waals surface area contributed by atoms with E-state index in [1.54, 1.807) is 0 Å². The van der Waals surface area contributed by atoms with E-state index in [-0.39, 0.29) is 11.4 Å². The number of hydrogen-bond acceptors (Lipinski definition) is 3. The smallest absolute Gasteiger partial charge is 0.234 e. The standard InChI is InChI=1S/C15H24N2O2/c1-5-19-13-8-6-7-12(9-13)10-16-11-14(18)17-15(2,3)4/h6-9,16H,5,10-11H2,1-4H3,(H,17,18). The highest BCUT2D eigenvalue weighted by molar-refractivity contribution is 5.78. The fourth-order valence-corrected chi connectivity index (χ4v) is 1.69. The Balaban J connectivity index is 2.36.